The van der Waals surface area contributed by atoms with Gasteiger partial charge in [0.15, 0.2) is 0 Å². The summed E-state index contributed by atoms with van der Waals surface area (Å²) in [6, 6.07) is 10.6. The van der Waals surface area contributed by atoms with Gasteiger partial charge in [0.05, 0.1) is 10.0 Å². The number of halogens is 2. The summed E-state index contributed by atoms with van der Waals surface area (Å²) >= 11 is 3.24. The third-order valence-corrected chi connectivity index (χ3v) is 3.18. The molecule has 3 nitrogen and oxygen atoms in total. The number of carboxylic acids is 1. The van der Waals surface area contributed by atoms with Gasteiger partial charge < -0.3 is 9.84 Å². The molecule has 0 unspecified atom stereocenters. The molecule has 0 aliphatic heterocycles. The fourth-order valence-electron chi connectivity index (χ4n) is 1.60. The quantitative estimate of drug-likeness (QED) is 0.928. The van der Waals surface area contributed by atoms with Gasteiger partial charge in [0.2, 0.25) is 0 Å². The van der Waals surface area contributed by atoms with Crippen molar-refractivity contribution in [3.63, 3.8) is 0 Å². The normalized spacial score (nSPS) is 10.2. The average molecular weight is 325 g/mol. The molecule has 0 radical (unpaired) electrons. The van der Waals surface area contributed by atoms with Crippen LogP contribution in [-0.2, 0) is 6.61 Å². The van der Waals surface area contributed by atoms with Crippen LogP contribution in [0.5, 0.6) is 5.75 Å². The van der Waals surface area contributed by atoms with Gasteiger partial charge in [-0.3, -0.25) is 0 Å². The van der Waals surface area contributed by atoms with Crippen LogP contribution in [0.1, 0.15) is 15.9 Å². The monoisotopic (exact) mass is 324 g/mol. The molecular weight excluding hydrogens is 315 g/mol. The summed E-state index contributed by atoms with van der Waals surface area (Å²) in [5, 5.41) is 9.04. The Morgan fingerprint density at radius 3 is 2.74 bits per heavy atom. The predicted molar refractivity (Wildman–Crippen MR) is 71.8 cm³/mol. The van der Waals surface area contributed by atoms with Crippen molar-refractivity contribution in [2.24, 2.45) is 0 Å². The van der Waals surface area contributed by atoms with Crippen molar-refractivity contribution in [1.29, 1.82) is 0 Å². The first-order chi connectivity index (χ1) is 9.08. The summed E-state index contributed by atoms with van der Waals surface area (Å²) < 4.78 is 19.1. The van der Waals surface area contributed by atoms with E-state index in [1.165, 1.54) is 24.3 Å². The molecule has 98 valence electrons. The van der Waals surface area contributed by atoms with Crippen LogP contribution in [0.15, 0.2) is 46.9 Å². The Balaban J connectivity index is 2.19. The van der Waals surface area contributed by atoms with E-state index in [4.69, 9.17) is 9.84 Å². The molecular formula is C14H10BrFO3. The lowest BCUT2D eigenvalue weighted by molar-refractivity contribution is 0.0694. The molecule has 0 aliphatic rings. The minimum atomic E-state index is -1.02. The van der Waals surface area contributed by atoms with Crippen molar-refractivity contribution in [2.75, 3.05) is 0 Å². The summed E-state index contributed by atoms with van der Waals surface area (Å²) in [5.41, 5.74) is 0.709. The van der Waals surface area contributed by atoms with Crippen molar-refractivity contribution < 1.29 is 19.0 Å². The third kappa shape index (κ3) is 3.32. The van der Waals surface area contributed by atoms with E-state index in [2.05, 4.69) is 15.9 Å². The SMILES string of the molecule is O=C(O)c1ccccc1COc1cc(F)ccc1Br. The lowest BCUT2D eigenvalue weighted by Crippen LogP contribution is -2.05. The summed E-state index contributed by atoms with van der Waals surface area (Å²) in [6.07, 6.45) is 0. The van der Waals surface area contributed by atoms with E-state index in [0.29, 0.717) is 15.8 Å². The van der Waals surface area contributed by atoms with Gasteiger partial charge in [-0.15, -0.1) is 0 Å². The summed E-state index contributed by atoms with van der Waals surface area (Å²) in [4.78, 5) is 11.0. The van der Waals surface area contributed by atoms with Gasteiger partial charge in [0, 0.05) is 11.6 Å². The van der Waals surface area contributed by atoms with Gasteiger partial charge >= 0.3 is 5.97 Å². The molecule has 0 spiro atoms. The second kappa shape index (κ2) is 5.84. The molecule has 0 aromatic heterocycles. The average Bonchev–Trinajstić information content (AvgIpc) is 2.40. The molecule has 1 N–H and O–H groups in total. The van der Waals surface area contributed by atoms with Gasteiger partial charge in [-0.1, -0.05) is 18.2 Å². The van der Waals surface area contributed by atoms with E-state index in [1.54, 1.807) is 18.2 Å². The molecule has 0 aliphatic carbocycles. The van der Waals surface area contributed by atoms with E-state index in [9.17, 15) is 9.18 Å². The molecule has 2 aromatic carbocycles. The van der Waals surface area contributed by atoms with E-state index in [-0.39, 0.29) is 12.2 Å². The Hall–Kier alpha value is -1.88. The molecule has 5 heteroatoms. The maximum atomic E-state index is 13.1. The Kier molecular flexibility index (Phi) is 4.16. The highest BCUT2D eigenvalue weighted by atomic mass is 79.9. The Morgan fingerprint density at radius 1 is 1.26 bits per heavy atom. The highest BCUT2D eigenvalue weighted by molar-refractivity contribution is 9.10. The number of carbonyl (C=O) groups is 1. The molecule has 0 amide bonds. The molecule has 0 bridgehead atoms. The molecule has 0 atom stereocenters. The van der Waals surface area contributed by atoms with Crippen molar-refractivity contribution in [1.82, 2.24) is 0 Å². The number of rotatable bonds is 4. The number of carboxylic acid groups (broad SMARTS) is 1. The van der Waals surface area contributed by atoms with Gasteiger partial charge in [0.25, 0.3) is 0 Å². The molecule has 2 aromatic rings. The van der Waals surface area contributed by atoms with E-state index in [0.717, 1.165) is 0 Å². The lowest BCUT2D eigenvalue weighted by Gasteiger charge is -2.10. The highest BCUT2D eigenvalue weighted by Gasteiger charge is 2.10. The van der Waals surface area contributed by atoms with E-state index < -0.39 is 11.8 Å². The maximum Gasteiger partial charge on any atom is 0.336 e. The lowest BCUT2D eigenvalue weighted by atomic mass is 10.1. The molecule has 0 fully saturated rings. The van der Waals surface area contributed by atoms with Crippen molar-refractivity contribution in [2.45, 2.75) is 6.61 Å². The largest absolute Gasteiger partial charge is 0.488 e. The van der Waals surface area contributed by atoms with Crippen LogP contribution in [-0.4, -0.2) is 11.1 Å². The highest BCUT2D eigenvalue weighted by Crippen LogP contribution is 2.26. The smallest absolute Gasteiger partial charge is 0.336 e. The van der Waals surface area contributed by atoms with Crippen LogP contribution in [0, 0.1) is 5.82 Å². The topological polar surface area (TPSA) is 46.5 Å². The summed E-state index contributed by atoms with van der Waals surface area (Å²) in [6.45, 7) is 0.0600. The molecule has 0 saturated carbocycles. The second-order valence-electron chi connectivity index (χ2n) is 3.83. The fraction of sp³-hybridized carbons (Fsp3) is 0.0714. The molecule has 19 heavy (non-hydrogen) atoms. The standard InChI is InChI=1S/C14H10BrFO3/c15-12-6-5-10(16)7-13(12)19-8-9-3-1-2-4-11(9)14(17)18/h1-7H,8H2,(H,17,18). The summed E-state index contributed by atoms with van der Waals surface area (Å²) in [5.74, 6) is -1.09. The van der Waals surface area contributed by atoms with Crippen LogP contribution in [0.2, 0.25) is 0 Å². The third-order valence-electron chi connectivity index (χ3n) is 2.52. The number of aromatic carboxylic acids is 1. The van der Waals surface area contributed by atoms with Crippen LogP contribution in [0.25, 0.3) is 0 Å². The minimum absolute atomic E-state index is 0.0600. The van der Waals surface area contributed by atoms with Crippen molar-refractivity contribution >= 4 is 21.9 Å². The zero-order valence-electron chi connectivity index (χ0n) is 9.77. The number of hydrogen-bond acceptors (Lipinski definition) is 2. The van der Waals surface area contributed by atoms with Crippen LogP contribution >= 0.6 is 15.9 Å². The van der Waals surface area contributed by atoms with Gasteiger partial charge in [0.1, 0.15) is 18.2 Å². The van der Waals surface area contributed by atoms with Gasteiger partial charge in [-0.2, -0.15) is 0 Å². The Bertz CT molecular complexity index is 613. The van der Waals surface area contributed by atoms with Gasteiger partial charge in [-0.25, -0.2) is 9.18 Å². The van der Waals surface area contributed by atoms with E-state index >= 15 is 0 Å². The number of hydrogen-bond donors (Lipinski definition) is 1. The van der Waals surface area contributed by atoms with Crippen LogP contribution in [0.4, 0.5) is 4.39 Å². The second-order valence-corrected chi connectivity index (χ2v) is 4.68. The van der Waals surface area contributed by atoms with Crippen LogP contribution in [0.3, 0.4) is 0 Å². The van der Waals surface area contributed by atoms with E-state index in [1.807, 2.05) is 0 Å². The van der Waals surface area contributed by atoms with Gasteiger partial charge in [-0.05, 0) is 34.1 Å². The van der Waals surface area contributed by atoms with Crippen molar-refractivity contribution in [3.05, 3.63) is 63.9 Å². The zero-order chi connectivity index (χ0) is 13.8. The van der Waals surface area contributed by atoms with Crippen molar-refractivity contribution in [3.8, 4) is 5.75 Å². The summed E-state index contributed by atoms with van der Waals surface area (Å²) in [7, 11) is 0. The number of ether oxygens (including phenoxy) is 1. The number of benzene rings is 2. The molecule has 0 heterocycles. The minimum Gasteiger partial charge on any atom is -0.488 e. The Labute approximate surface area is 117 Å². The fourth-order valence-corrected chi connectivity index (χ4v) is 1.96. The first-order valence-corrected chi connectivity index (χ1v) is 6.26. The molecule has 2 rings (SSSR count). The first kappa shape index (κ1) is 13.5. The Morgan fingerprint density at radius 2 is 2.00 bits per heavy atom. The maximum absolute atomic E-state index is 13.1. The molecule has 0 saturated heterocycles. The predicted octanol–water partition coefficient (Wildman–Crippen LogP) is 3.87. The zero-order valence-corrected chi connectivity index (χ0v) is 11.4. The first-order valence-electron chi connectivity index (χ1n) is 5.47. The van der Waals surface area contributed by atoms with Crippen LogP contribution < -0.4 is 4.74 Å².